The van der Waals surface area contributed by atoms with Crippen LogP contribution in [0, 0.1) is 0 Å². The van der Waals surface area contributed by atoms with E-state index >= 15 is 0 Å². The molecule has 3 rings (SSSR count). The third-order valence-corrected chi connectivity index (χ3v) is 3.38. The first kappa shape index (κ1) is 14.8. The molecule has 6 heteroatoms. The van der Waals surface area contributed by atoms with Crippen LogP contribution < -0.4 is 10.5 Å². The van der Waals surface area contributed by atoms with E-state index in [2.05, 4.69) is 20.4 Å². The summed E-state index contributed by atoms with van der Waals surface area (Å²) in [5, 5.41) is 15.4. The zero-order chi connectivity index (χ0) is 16.1. The standard InChI is InChI=1S/C17H17N5O/c1-23-14-9-5-6-12(10-14)11-15-16(17(18)22-20-15)21-19-13-7-3-2-4-8-13/h2-10H,11H2,1H3,(H3,18,20,22). The molecule has 2 aromatic carbocycles. The third kappa shape index (κ3) is 3.55. The molecule has 1 aromatic heterocycles. The molecule has 23 heavy (non-hydrogen) atoms. The van der Waals surface area contributed by atoms with Gasteiger partial charge in [0.25, 0.3) is 0 Å². The number of anilines is 1. The van der Waals surface area contributed by atoms with Crippen molar-refractivity contribution in [2.24, 2.45) is 10.2 Å². The number of rotatable bonds is 5. The minimum Gasteiger partial charge on any atom is -0.497 e. The smallest absolute Gasteiger partial charge is 0.173 e. The Morgan fingerprint density at radius 2 is 1.91 bits per heavy atom. The van der Waals surface area contributed by atoms with Crippen molar-refractivity contribution in [1.29, 1.82) is 0 Å². The van der Waals surface area contributed by atoms with Gasteiger partial charge in [-0.1, -0.05) is 30.3 Å². The average Bonchev–Trinajstić information content (AvgIpc) is 2.94. The second-order valence-electron chi connectivity index (χ2n) is 5.00. The Morgan fingerprint density at radius 1 is 1.09 bits per heavy atom. The maximum Gasteiger partial charge on any atom is 0.173 e. The van der Waals surface area contributed by atoms with Gasteiger partial charge in [-0.05, 0) is 29.8 Å². The van der Waals surface area contributed by atoms with E-state index in [1.54, 1.807) is 7.11 Å². The van der Waals surface area contributed by atoms with E-state index in [-0.39, 0.29) is 0 Å². The molecule has 0 radical (unpaired) electrons. The van der Waals surface area contributed by atoms with Crippen molar-refractivity contribution in [3.8, 4) is 5.75 Å². The molecular formula is C17H17N5O. The van der Waals surface area contributed by atoms with Crippen LogP contribution in [0.25, 0.3) is 0 Å². The Balaban J connectivity index is 1.85. The zero-order valence-electron chi connectivity index (χ0n) is 12.7. The number of nitrogens with two attached hydrogens (primary N) is 1. The number of aromatic nitrogens is 2. The van der Waals surface area contributed by atoms with Crippen LogP contribution in [0.15, 0.2) is 64.8 Å². The highest BCUT2D eigenvalue weighted by Gasteiger charge is 2.11. The summed E-state index contributed by atoms with van der Waals surface area (Å²) in [4.78, 5) is 0. The zero-order valence-corrected chi connectivity index (χ0v) is 12.7. The maximum atomic E-state index is 5.89. The topological polar surface area (TPSA) is 88.6 Å². The number of benzene rings is 2. The first-order valence-electron chi connectivity index (χ1n) is 7.18. The lowest BCUT2D eigenvalue weighted by Crippen LogP contribution is -1.91. The van der Waals surface area contributed by atoms with Gasteiger partial charge in [0.1, 0.15) is 5.75 Å². The van der Waals surface area contributed by atoms with E-state index in [1.165, 1.54) is 0 Å². The van der Waals surface area contributed by atoms with Gasteiger partial charge in [0.05, 0.1) is 18.5 Å². The molecule has 0 aliphatic carbocycles. The van der Waals surface area contributed by atoms with Crippen molar-refractivity contribution < 1.29 is 4.74 Å². The first-order valence-corrected chi connectivity index (χ1v) is 7.18. The van der Waals surface area contributed by atoms with Crippen molar-refractivity contribution in [1.82, 2.24) is 10.2 Å². The fourth-order valence-electron chi connectivity index (χ4n) is 2.21. The summed E-state index contributed by atoms with van der Waals surface area (Å²) in [5.41, 5.74) is 9.11. The number of nitrogens with zero attached hydrogens (tertiary/aromatic N) is 3. The fourth-order valence-corrected chi connectivity index (χ4v) is 2.21. The molecule has 0 amide bonds. The lowest BCUT2D eigenvalue weighted by atomic mass is 10.1. The normalized spacial score (nSPS) is 11.0. The Labute approximate surface area is 134 Å². The van der Waals surface area contributed by atoms with Gasteiger partial charge in [0.15, 0.2) is 11.5 Å². The lowest BCUT2D eigenvalue weighted by Gasteiger charge is -2.03. The molecule has 0 fully saturated rings. The fraction of sp³-hybridized carbons (Fsp3) is 0.118. The first-order chi connectivity index (χ1) is 11.3. The van der Waals surface area contributed by atoms with Crippen LogP contribution in [-0.4, -0.2) is 17.3 Å². The van der Waals surface area contributed by atoms with Gasteiger partial charge >= 0.3 is 0 Å². The van der Waals surface area contributed by atoms with Crippen molar-refractivity contribution in [3.63, 3.8) is 0 Å². The van der Waals surface area contributed by atoms with Crippen LogP contribution in [0.3, 0.4) is 0 Å². The molecule has 0 spiro atoms. The molecule has 3 N–H and O–H groups in total. The third-order valence-electron chi connectivity index (χ3n) is 3.38. The maximum absolute atomic E-state index is 5.89. The van der Waals surface area contributed by atoms with Crippen LogP contribution in [0.4, 0.5) is 17.2 Å². The number of H-pyrrole nitrogens is 1. The number of hydrogen-bond acceptors (Lipinski definition) is 5. The summed E-state index contributed by atoms with van der Waals surface area (Å²) in [7, 11) is 1.65. The largest absolute Gasteiger partial charge is 0.497 e. The van der Waals surface area contributed by atoms with Crippen LogP contribution in [0.1, 0.15) is 11.3 Å². The number of methoxy groups -OCH3 is 1. The number of azo groups is 1. The molecule has 0 saturated carbocycles. The quantitative estimate of drug-likeness (QED) is 0.698. The number of aromatic amines is 1. The van der Waals surface area contributed by atoms with Gasteiger partial charge in [-0.2, -0.15) is 10.2 Å². The molecule has 1 heterocycles. The monoisotopic (exact) mass is 307 g/mol. The SMILES string of the molecule is COc1cccc(Cc2[nH]nc(N)c2N=Nc2ccccc2)c1. The summed E-state index contributed by atoms with van der Waals surface area (Å²) in [5.74, 6) is 1.14. The molecular weight excluding hydrogens is 290 g/mol. The van der Waals surface area contributed by atoms with E-state index in [0.717, 1.165) is 22.7 Å². The molecule has 116 valence electrons. The Bertz CT molecular complexity index is 811. The minimum atomic E-state index is 0.336. The predicted octanol–water partition coefficient (Wildman–Crippen LogP) is 4.01. The van der Waals surface area contributed by atoms with Crippen molar-refractivity contribution >= 4 is 17.2 Å². The highest BCUT2D eigenvalue weighted by molar-refractivity contribution is 5.61. The van der Waals surface area contributed by atoms with Gasteiger partial charge in [-0.3, -0.25) is 5.10 Å². The van der Waals surface area contributed by atoms with E-state index in [1.807, 2.05) is 54.6 Å². The van der Waals surface area contributed by atoms with Gasteiger partial charge in [0, 0.05) is 6.42 Å². The van der Waals surface area contributed by atoms with Gasteiger partial charge in [0.2, 0.25) is 0 Å². The summed E-state index contributed by atoms with van der Waals surface area (Å²) in [6, 6.07) is 17.3. The van der Waals surface area contributed by atoms with Crippen LogP contribution in [0.5, 0.6) is 5.75 Å². The lowest BCUT2D eigenvalue weighted by molar-refractivity contribution is 0.414. The molecule has 0 atom stereocenters. The molecule has 6 nitrogen and oxygen atoms in total. The van der Waals surface area contributed by atoms with E-state index < -0.39 is 0 Å². The predicted molar refractivity (Wildman–Crippen MR) is 89.4 cm³/mol. The summed E-state index contributed by atoms with van der Waals surface area (Å²) >= 11 is 0. The number of nitrogen functional groups attached to an aromatic ring is 1. The highest BCUT2D eigenvalue weighted by Crippen LogP contribution is 2.29. The molecule has 0 saturated heterocycles. The number of ether oxygens (including phenoxy) is 1. The Morgan fingerprint density at radius 3 is 2.70 bits per heavy atom. The van der Waals surface area contributed by atoms with Gasteiger partial charge in [-0.25, -0.2) is 0 Å². The highest BCUT2D eigenvalue weighted by atomic mass is 16.5. The molecule has 0 aliphatic rings. The minimum absolute atomic E-state index is 0.336. The summed E-state index contributed by atoms with van der Waals surface area (Å²) in [6.07, 6.45) is 0.616. The van der Waals surface area contributed by atoms with Gasteiger partial charge in [-0.15, -0.1) is 5.11 Å². The van der Waals surface area contributed by atoms with Crippen LogP contribution in [0.2, 0.25) is 0 Å². The Kier molecular flexibility index (Phi) is 4.33. The molecule has 3 aromatic rings. The Hall–Kier alpha value is -3.15. The van der Waals surface area contributed by atoms with E-state index in [4.69, 9.17) is 10.5 Å². The van der Waals surface area contributed by atoms with Gasteiger partial charge < -0.3 is 10.5 Å². The van der Waals surface area contributed by atoms with Crippen LogP contribution >= 0.6 is 0 Å². The van der Waals surface area contributed by atoms with Crippen molar-refractivity contribution in [2.45, 2.75) is 6.42 Å². The van der Waals surface area contributed by atoms with Crippen molar-refractivity contribution in [2.75, 3.05) is 12.8 Å². The van der Waals surface area contributed by atoms with E-state index in [0.29, 0.717) is 17.9 Å². The van der Waals surface area contributed by atoms with Crippen molar-refractivity contribution in [3.05, 3.63) is 65.9 Å². The number of nitrogens with one attached hydrogen (secondary N) is 1. The van der Waals surface area contributed by atoms with E-state index in [9.17, 15) is 0 Å². The second-order valence-corrected chi connectivity index (χ2v) is 5.00. The number of hydrogen-bond donors (Lipinski definition) is 2. The summed E-state index contributed by atoms with van der Waals surface area (Å²) in [6.45, 7) is 0. The molecule has 0 bridgehead atoms. The molecule has 0 aliphatic heterocycles. The molecule has 0 unspecified atom stereocenters. The van der Waals surface area contributed by atoms with Crippen LogP contribution in [-0.2, 0) is 6.42 Å². The summed E-state index contributed by atoms with van der Waals surface area (Å²) < 4.78 is 5.24. The second kappa shape index (κ2) is 6.74. The average molecular weight is 307 g/mol.